The minimum absolute atomic E-state index is 0.0297. The maximum absolute atomic E-state index is 10.9. The normalized spacial score (nSPS) is 9.71. The second-order valence-electron chi connectivity index (χ2n) is 4.18. The van der Waals surface area contributed by atoms with E-state index in [-0.39, 0.29) is 11.4 Å². The van der Waals surface area contributed by atoms with E-state index < -0.39 is 4.92 Å². The first-order valence-electron chi connectivity index (χ1n) is 6.21. The van der Waals surface area contributed by atoms with Crippen LogP contribution in [0, 0.1) is 10.1 Å². The van der Waals surface area contributed by atoms with Crippen LogP contribution in [-0.2, 0) is 6.42 Å². The van der Waals surface area contributed by atoms with Gasteiger partial charge in [-0.3, -0.25) is 10.1 Å². The van der Waals surface area contributed by atoms with Gasteiger partial charge in [0, 0.05) is 11.3 Å². The van der Waals surface area contributed by atoms with Crippen molar-refractivity contribution in [2.24, 2.45) is 5.11 Å². The Morgan fingerprint density at radius 3 is 2.67 bits per heavy atom. The maximum atomic E-state index is 10.9. The van der Waals surface area contributed by atoms with Crippen LogP contribution in [0.4, 0.5) is 11.4 Å². The van der Waals surface area contributed by atoms with Crippen LogP contribution in [0.15, 0.2) is 53.6 Å². The number of rotatable bonds is 6. The van der Waals surface area contributed by atoms with Crippen LogP contribution in [0.1, 0.15) is 5.56 Å². The van der Waals surface area contributed by atoms with Gasteiger partial charge < -0.3 is 4.74 Å². The smallest absolute Gasteiger partial charge is 0.282 e. The second kappa shape index (κ2) is 6.93. The Balaban J connectivity index is 2.05. The molecule has 0 amide bonds. The standard InChI is InChI=1S/C14H12N4O3/c15-17-16-13-7-6-12(10-14(13)18(19)20)21-9-8-11-4-2-1-3-5-11/h1-7,10H,8-9H2. The SMILES string of the molecule is [N-]=[N+]=Nc1ccc(OCCc2ccccc2)cc1[N+](=O)[O-]. The van der Waals surface area contributed by atoms with E-state index in [0.717, 1.165) is 5.56 Å². The summed E-state index contributed by atoms with van der Waals surface area (Å²) in [5, 5.41) is 14.2. The second-order valence-corrected chi connectivity index (χ2v) is 4.18. The molecule has 106 valence electrons. The molecule has 0 heterocycles. The van der Waals surface area contributed by atoms with Gasteiger partial charge in [0.1, 0.15) is 11.4 Å². The monoisotopic (exact) mass is 284 g/mol. The Hall–Kier alpha value is -3.05. The molecule has 0 aliphatic rings. The van der Waals surface area contributed by atoms with Crippen molar-refractivity contribution in [1.82, 2.24) is 0 Å². The zero-order valence-electron chi connectivity index (χ0n) is 11.0. The van der Waals surface area contributed by atoms with Crippen molar-refractivity contribution in [2.75, 3.05) is 6.61 Å². The van der Waals surface area contributed by atoms with E-state index in [1.165, 1.54) is 12.1 Å². The first kappa shape index (κ1) is 14.4. The maximum Gasteiger partial charge on any atom is 0.282 e. The molecule has 0 atom stereocenters. The third kappa shape index (κ3) is 3.95. The largest absolute Gasteiger partial charge is 0.493 e. The molecule has 21 heavy (non-hydrogen) atoms. The van der Waals surface area contributed by atoms with Crippen LogP contribution in [0.2, 0.25) is 0 Å². The van der Waals surface area contributed by atoms with Crippen LogP contribution in [0.3, 0.4) is 0 Å². The van der Waals surface area contributed by atoms with E-state index in [1.807, 2.05) is 30.3 Å². The number of azide groups is 1. The lowest BCUT2D eigenvalue weighted by Crippen LogP contribution is -2.01. The fourth-order valence-electron chi connectivity index (χ4n) is 1.80. The molecule has 0 spiro atoms. The van der Waals surface area contributed by atoms with Crippen molar-refractivity contribution in [3.05, 3.63) is 74.7 Å². The van der Waals surface area contributed by atoms with E-state index in [4.69, 9.17) is 10.3 Å². The van der Waals surface area contributed by atoms with Crippen LogP contribution in [0.5, 0.6) is 5.75 Å². The number of nitro groups is 1. The quantitative estimate of drug-likeness (QED) is 0.261. The van der Waals surface area contributed by atoms with Gasteiger partial charge in [0.15, 0.2) is 0 Å². The number of hydrogen-bond acceptors (Lipinski definition) is 4. The Kier molecular flexibility index (Phi) is 4.74. The molecule has 7 heteroatoms. The highest BCUT2D eigenvalue weighted by atomic mass is 16.6. The summed E-state index contributed by atoms with van der Waals surface area (Å²) in [4.78, 5) is 12.9. The van der Waals surface area contributed by atoms with Crippen molar-refractivity contribution < 1.29 is 9.66 Å². The third-order valence-corrected chi connectivity index (χ3v) is 2.80. The van der Waals surface area contributed by atoms with Crippen molar-refractivity contribution in [2.45, 2.75) is 6.42 Å². The van der Waals surface area contributed by atoms with Gasteiger partial charge in [-0.05, 0) is 23.2 Å². The number of benzene rings is 2. The minimum Gasteiger partial charge on any atom is -0.493 e. The van der Waals surface area contributed by atoms with E-state index in [2.05, 4.69) is 10.0 Å². The van der Waals surface area contributed by atoms with Crippen molar-refractivity contribution >= 4 is 11.4 Å². The summed E-state index contributed by atoms with van der Waals surface area (Å²) < 4.78 is 5.49. The molecule has 0 saturated carbocycles. The molecule has 0 bridgehead atoms. The topological polar surface area (TPSA) is 101 Å². The zero-order valence-corrected chi connectivity index (χ0v) is 11.0. The summed E-state index contributed by atoms with van der Waals surface area (Å²) >= 11 is 0. The van der Waals surface area contributed by atoms with Gasteiger partial charge in [-0.2, -0.15) is 0 Å². The highest BCUT2D eigenvalue weighted by Crippen LogP contribution is 2.31. The lowest BCUT2D eigenvalue weighted by atomic mass is 10.2. The molecule has 0 aliphatic heterocycles. The predicted molar refractivity (Wildman–Crippen MR) is 77.5 cm³/mol. The van der Waals surface area contributed by atoms with Crippen LogP contribution in [-0.4, -0.2) is 11.5 Å². The molecular weight excluding hydrogens is 272 g/mol. The lowest BCUT2D eigenvalue weighted by molar-refractivity contribution is -0.384. The lowest BCUT2D eigenvalue weighted by Gasteiger charge is -2.07. The molecule has 0 unspecified atom stereocenters. The van der Waals surface area contributed by atoms with E-state index in [1.54, 1.807) is 6.07 Å². The molecule has 2 aromatic carbocycles. The first-order valence-corrected chi connectivity index (χ1v) is 6.21. The summed E-state index contributed by atoms with van der Waals surface area (Å²) in [7, 11) is 0. The molecule has 0 radical (unpaired) electrons. The highest BCUT2D eigenvalue weighted by molar-refractivity contribution is 5.59. The van der Waals surface area contributed by atoms with E-state index in [0.29, 0.717) is 18.8 Å². The van der Waals surface area contributed by atoms with Crippen LogP contribution in [0.25, 0.3) is 10.4 Å². The predicted octanol–water partition coefficient (Wildman–Crippen LogP) is 4.16. The van der Waals surface area contributed by atoms with Gasteiger partial charge in [-0.15, -0.1) is 0 Å². The summed E-state index contributed by atoms with van der Waals surface area (Å²) in [6.45, 7) is 0.405. The summed E-state index contributed by atoms with van der Waals surface area (Å²) in [5.41, 5.74) is 9.19. The molecule has 0 N–H and O–H groups in total. The molecule has 0 aromatic heterocycles. The molecule has 7 nitrogen and oxygen atoms in total. The van der Waals surface area contributed by atoms with Crippen LogP contribution < -0.4 is 4.74 Å². The van der Waals surface area contributed by atoms with Gasteiger partial charge in [-0.1, -0.05) is 35.4 Å². The molecule has 0 fully saturated rings. The molecule has 2 rings (SSSR count). The Morgan fingerprint density at radius 2 is 2.00 bits per heavy atom. The Labute approximate surface area is 120 Å². The van der Waals surface area contributed by atoms with E-state index >= 15 is 0 Å². The summed E-state index contributed by atoms with van der Waals surface area (Å²) in [5.74, 6) is 0.370. The van der Waals surface area contributed by atoms with Gasteiger partial charge in [0.05, 0.1) is 17.6 Å². The van der Waals surface area contributed by atoms with Crippen LogP contribution >= 0.6 is 0 Å². The fraction of sp³-hybridized carbons (Fsp3) is 0.143. The Morgan fingerprint density at radius 1 is 1.24 bits per heavy atom. The molecule has 0 aliphatic carbocycles. The first-order chi connectivity index (χ1) is 10.2. The number of nitro benzene ring substituents is 1. The Bertz CT molecular complexity index is 682. The number of ether oxygens (including phenoxy) is 1. The minimum atomic E-state index is -0.603. The number of hydrogen-bond donors (Lipinski definition) is 0. The summed E-state index contributed by atoms with van der Waals surface area (Å²) in [6, 6.07) is 14.0. The average Bonchev–Trinajstić information content (AvgIpc) is 2.50. The summed E-state index contributed by atoms with van der Waals surface area (Å²) in [6.07, 6.45) is 0.701. The zero-order chi connectivity index (χ0) is 15.1. The van der Waals surface area contributed by atoms with Gasteiger partial charge in [0.25, 0.3) is 5.69 Å². The van der Waals surface area contributed by atoms with Gasteiger partial charge >= 0.3 is 0 Å². The average molecular weight is 284 g/mol. The van der Waals surface area contributed by atoms with Crippen molar-refractivity contribution in [1.29, 1.82) is 0 Å². The highest BCUT2D eigenvalue weighted by Gasteiger charge is 2.13. The molecular formula is C14H12N4O3. The van der Waals surface area contributed by atoms with Crippen molar-refractivity contribution in [3.63, 3.8) is 0 Å². The fourth-order valence-corrected chi connectivity index (χ4v) is 1.80. The molecule has 2 aromatic rings. The van der Waals surface area contributed by atoms with Gasteiger partial charge in [0.2, 0.25) is 0 Å². The third-order valence-electron chi connectivity index (χ3n) is 2.80. The van der Waals surface area contributed by atoms with Gasteiger partial charge in [-0.25, -0.2) is 0 Å². The van der Waals surface area contributed by atoms with E-state index in [9.17, 15) is 10.1 Å². The molecule has 0 saturated heterocycles. The van der Waals surface area contributed by atoms with Crippen molar-refractivity contribution in [3.8, 4) is 5.75 Å². The number of nitrogens with zero attached hydrogens (tertiary/aromatic N) is 4.